The highest BCUT2D eigenvalue weighted by atomic mass is 31.2. The van der Waals surface area contributed by atoms with Gasteiger partial charge in [0.15, 0.2) is 11.5 Å². The minimum atomic E-state index is -3.69. The van der Waals surface area contributed by atoms with E-state index >= 15 is 0 Å². The number of carbonyl (C=O) groups excluding carboxylic acids is 2. The Morgan fingerprint density at radius 1 is 1.18 bits per heavy atom. The van der Waals surface area contributed by atoms with Gasteiger partial charge in [0.2, 0.25) is 7.44 Å². The van der Waals surface area contributed by atoms with Gasteiger partial charge in [-0.1, -0.05) is 0 Å². The number of rotatable bonds is 13. The Morgan fingerprint density at radius 2 is 1.87 bits per heavy atom. The number of hydrogen-bond donors (Lipinski definition) is 3. The first-order valence-corrected chi connectivity index (χ1v) is 14.8. The highest BCUT2D eigenvalue weighted by Gasteiger charge is 2.40. The fourth-order valence-electron chi connectivity index (χ4n) is 4.19. The molecule has 3 atom stereocenters. The molecular formula is C24H40N7O6P. The quantitative estimate of drug-likeness (QED) is 0.245. The summed E-state index contributed by atoms with van der Waals surface area (Å²) >= 11 is 0. The standard InChI is InChI=1S/C24H40N7O6P/c1-15(2)36-23(33)24(5,6)30-38(34,29-17(4)22(32)37-18-9-7-8-10-18)14-35-16(3)11-31-13-28-19-20(25)26-12-27-21(19)31/h12-13,15-18H,7-11,14H2,1-6H3,(H2,25,26,27)(H2,29,30,34)/t16-,17-,38?/m1/s1. The Balaban J connectivity index is 1.71. The van der Waals surface area contributed by atoms with Crippen LogP contribution in [0.25, 0.3) is 11.2 Å². The lowest BCUT2D eigenvalue weighted by Gasteiger charge is -2.33. The molecule has 3 rings (SSSR count). The number of ether oxygens (including phenoxy) is 3. The van der Waals surface area contributed by atoms with Gasteiger partial charge in [0.1, 0.15) is 35.9 Å². The molecule has 0 aliphatic heterocycles. The maximum atomic E-state index is 14.1. The molecule has 1 unspecified atom stereocenters. The average molecular weight is 554 g/mol. The second kappa shape index (κ2) is 12.5. The van der Waals surface area contributed by atoms with Crippen LogP contribution in [-0.2, 0) is 34.9 Å². The Bertz CT molecular complexity index is 1160. The molecule has 1 aliphatic rings. The second-order valence-corrected chi connectivity index (χ2v) is 12.8. The van der Waals surface area contributed by atoms with Crippen LogP contribution in [0.2, 0.25) is 0 Å². The topological polar surface area (TPSA) is 173 Å². The van der Waals surface area contributed by atoms with E-state index in [2.05, 4.69) is 25.1 Å². The lowest BCUT2D eigenvalue weighted by Crippen LogP contribution is -2.51. The van der Waals surface area contributed by atoms with Crippen LogP contribution in [0.4, 0.5) is 5.82 Å². The van der Waals surface area contributed by atoms with Gasteiger partial charge < -0.3 is 24.5 Å². The third-order valence-electron chi connectivity index (χ3n) is 6.08. The molecule has 0 saturated heterocycles. The number of hydrogen-bond acceptors (Lipinski definition) is 10. The lowest BCUT2D eigenvalue weighted by molar-refractivity contribution is -0.153. The normalized spacial score (nSPS) is 17.9. The van der Waals surface area contributed by atoms with Crippen molar-refractivity contribution in [1.82, 2.24) is 29.7 Å². The smallest absolute Gasteiger partial charge is 0.326 e. The van der Waals surface area contributed by atoms with E-state index in [9.17, 15) is 14.2 Å². The van der Waals surface area contributed by atoms with E-state index in [1.807, 2.05) is 0 Å². The highest BCUT2D eigenvalue weighted by molar-refractivity contribution is 7.59. The number of fused-ring (bicyclic) bond motifs is 1. The molecule has 1 saturated carbocycles. The van der Waals surface area contributed by atoms with Crippen LogP contribution in [0, 0.1) is 0 Å². The number of nitrogens with one attached hydrogen (secondary N) is 2. The van der Waals surface area contributed by atoms with Gasteiger partial charge in [0.25, 0.3) is 0 Å². The minimum absolute atomic E-state index is 0.129. The Morgan fingerprint density at radius 3 is 2.53 bits per heavy atom. The zero-order valence-corrected chi connectivity index (χ0v) is 23.9. The first-order valence-electron chi connectivity index (χ1n) is 12.9. The summed E-state index contributed by atoms with van der Waals surface area (Å²) in [5.41, 5.74) is 5.56. The molecule has 2 aromatic heterocycles. The van der Waals surface area contributed by atoms with Crippen molar-refractivity contribution in [2.45, 2.75) is 104 Å². The largest absolute Gasteiger partial charge is 0.462 e. The predicted molar refractivity (Wildman–Crippen MR) is 142 cm³/mol. The van der Waals surface area contributed by atoms with Crippen LogP contribution in [0.1, 0.15) is 67.2 Å². The molecule has 38 heavy (non-hydrogen) atoms. The number of esters is 2. The van der Waals surface area contributed by atoms with Crippen molar-refractivity contribution in [2.24, 2.45) is 0 Å². The SMILES string of the molecule is CC(C)OC(=O)C(C)(C)NP(=O)(CO[C@H](C)Cn1cnc2c(N)ncnc21)N[C@H](C)C(=O)OC1CCCC1. The fraction of sp³-hybridized carbons (Fsp3) is 0.708. The third kappa shape index (κ3) is 7.95. The molecule has 13 nitrogen and oxygen atoms in total. The van der Waals surface area contributed by atoms with Crippen molar-refractivity contribution in [2.75, 3.05) is 12.1 Å². The van der Waals surface area contributed by atoms with Crippen LogP contribution in [0.15, 0.2) is 12.7 Å². The zero-order chi connectivity index (χ0) is 28.1. The van der Waals surface area contributed by atoms with Crippen molar-refractivity contribution in [1.29, 1.82) is 0 Å². The molecule has 0 aromatic carbocycles. The van der Waals surface area contributed by atoms with Crippen LogP contribution in [0.5, 0.6) is 0 Å². The summed E-state index contributed by atoms with van der Waals surface area (Å²) in [6, 6.07) is -0.901. The number of anilines is 1. The number of imidazole rings is 1. The predicted octanol–water partition coefficient (Wildman–Crippen LogP) is 2.75. The van der Waals surface area contributed by atoms with E-state index < -0.39 is 37.1 Å². The van der Waals surface area contributed by atoms with Gasteiger partial charge in [-0.25, -0.2) is 25.1 Å². The van der Waals surface area contributed by atoms with Crippen molar-refractivity contribution in [3.8, 4) is 0 Å². The number of nitrogens with zero attached hydrogens (tertiary/aromatic N) is 4. The molecule has 2 heterocycles. The molecular weight excluding hydrogens is 513 g/mol. The monoisotopic (exact) mass is 553 g/mol. The molecule has 0 spiro atoms. The van der Waals surface area contributed by atoms with E-state index in [0.29, 0.717) is 17.7 Å². The van der Waals surface area contributed by atoms with Gasteiger partial charge in [-0.3, -0.25) is 14.2 Å². The Kier molecular flexibility index (Phi) is 9.85. The van der Waals surface area contributed by atoms with Crippen molar-refractivity contribution in [3.63, 3.8) is 0 Å². The van der Waals surface area contributed by atoms with Crippen LogP contribution < -0.4 is 15.9 Å². The van der Waals surface area contributed by atoms with Gasteiger partial charge in [0, 0.05) is 0 Å². The number of nitrogen functional groups attached to an aromatic ring is 1. The molecule has 212 valence electrons. The third-order valence-corrected chi connectivity index (χ3v) is 8.32. The lowest BCUT2D eigenvalue weighted by atomic mass is 10.1. The number of carbonyl (C=O) groups is 2. The van der Waals surface area contributed by atoms with Gasteiger partial charge in [-0.2, -0.15) is 0 Å². The average Bonchev–Trinajstić information content (AvgIpc) is 3.48. The maximum Gasteiger partial charge on any atom is 0.326 e. The summed E-state index contributed by atoms with van der Waals surface area (Å²) in [6.07, 6.45) is 5.39. The summed E-state index contributed by atoms with van der Waals surface area (Å²) in [5.74, 6) is -0.808. The fourth-order valence-corrected chi connectivity index (χ4v) is 6.59. The van der Waals surface area contributed by atoms with E-state index in [-0.39, 0.29) is 24.4 Å². The van der Waals surface area contributed by atoms with E-state index in [1.165, 1.54) is 6.33 Å². The van der Waals surface area contributed by atoms with E-state index in [1.54, 1.807) is 52.4 Å². The summed E-state index contributed by atoms with van der Waals surface area (Å²) in [4.78, 5) is 37.8. The molecule has 0 radical (unpaired) electrons. The van der Waals surface area contributed by atoms with E-state index in [4.69, 9.17) is 19.9 Å². The van der Waals surface area contributed by atoms with Crippen LogP contribution in [-0.4, -0.2) is 67.7 Å². The maximum absolute atomic E-state index is 14.1. The molecule has 4 N–H and O–H groups in total. The first-order chi connectivity index (χ1) is 17.8. The molecule has 1 fully saturated rings. The van der Waals surface area contributed by atoms with Crippen molar-refractivity contribution < 1.29 is 28.4 Å². The summed E-state index contributed by atoms with van der Waals surface area (Å²) in [5, 5.41) is 5.75. The molecule has 1 aliphatic carbocycles. The van der Waals surface area contributed by atoms with E-state index in [0.717, 1.165) is 25.7 Å². The Labute approximate surface area is 223 Å². The number of aromatic nitrogens is 4. The zero-order valence-electron chi connectivity index (χ0n) is 23.0. The minimum Gasteiger partial charge on any atom is -0.462 e. The van der Waals surface area contributed by atoms with Gasteiger partial charge >= 0.3 is 11.9 Å². The summed E-state index contributed by atoms with van der Waals surface area (Å²) < 4.78 is 32.8. The van der Waals surface area contributed by atoms with Crippen LogP contribution >= 0.6 is 7.44 Å². The second-order valence-electron chi connectivity index (χ2n) is 10.6. The molecule has 0 bridgehead atoms. The molecule has 0 amide bonds. The molecule has 14 heteroatoms. The van der Waals surface area contributed by atoms with Gasteiger partial charge in [-0.05, 0) is 67.2 Å². The van der Waals surface area contributed by atoms with Gasteiger partial charge in [0.05, 0.1) is 25.1 Å². The molecule has 2 aromatic rings. The first kappa shape index (κ1) is 29.9. The van der Waals surface area contributed by atoms with Crippen LogP contribution in [0.3, 0.4) is 0 Å². The summed E-state index contributed by atoms with van der Waals surface area (Å²) in [6.45, 7) is 10.3. The van der Waals surface area contributed by atoms with Crippen molar-refractivity contribution >= 4 is 36.4 Å². The van der Waals surface area contributed by atoms with Crippen molar-refractivity contribution in [3.05, 3.63) is 12.7 Å². The summed E-state index contributed by atoms with van der Waals surface area (Å²) in [7, 11) is -3.69. The Hall–Kier alpha value is -2.60. The van der Waals surface area contributed by atoms with Gasteiger partial charge in [-0.15, -0.1) is 0 Å². The highest BCUT2D eigenvalue weighted by Crippen LogP contribution is 2.40. The number of nitrogens with two attached hydrogens (primary N) is 1.